The van der Waals surface area contributed by atoms with E-state index in [9.17, 15) is 9.18 Å². The van der Waals surface area contributed by atoms with Gasteiger partial charge in [-0.2, -0.15) is 0 Å². The quantitative estimate of drug-likeness (QED) is 0.599. The zero-order valence-corrected chi connectivity index (χ0v) is 17.5. The number of hydrogen-bond donors (Lipinski definition) is 2. The summed E-state index contributed by atoms with van der Waals surface area (Å²) < 4.78 is 15.6. The first kappa shape index (κ1) is 20.8. The molecule has 3 heterocycles. The monoisotopic (exact) mass is 419 g/mol. The Balaban J connectivity index is 1.45. The van der Waals surface area contributed by atoms with Gasteiger partial charge in [-0.05, 0) is 55.2 Å². The van der Waals surface area contributed by atoms with E-state index < -0.39 is 0 Å². The van der Waals surface area contributed by atoms with Crippen molar-refractivity contribution in [3.63, 3.8) is 0 Å². The van der Waals surface area contributed by atoms with Gasteiger partial charge >= 0.3 is 0 Å². The first-order valence-electron chi connectivity index (χ1n) is 10.4. The van der Waals surface area contributed by atoms with Crippen LogP contribution in [0.25, 0.3) is 16.6 Å². The third-order valence-corrected chi connectivity index (χ3v) is 5.94. The number of nitrogens with two attached hydrogens (primary N) is 1. The second-order valence-corrected chi connectivity index (χ2v) is 8.14. The van der Waals surface area contributed by atoms with Crippen LogP contribution in [0.3, 0.4) is 0 Å². The highest BCUT2D eigenvalue weighted by Crippen LogP contribution is 2.27. The summed E-state index contributed by atoms with van der Waals surface area (Å²) in [6.45, 7) is 3.56. The van der Waals surface area contributed by atoms with E-state index in [1.54, 1.807) is 12.1 Å². The van der Waals surface area contributed by atoms with Crippen LogP contribution < -0.4 is 5.73 Å². The van der Waals surface area contributed by atoms with E-state index in [-0.39, 0.29) is 24.2 Å². The van der Waals surface area contributed by atoms with Gasteiger partial charge in [0.15, 0.2) is 0 Å². The molecular formula is C24H26FN5O. The van der Waals surface area contributed by atoms with E-state index >= 15 is 0 Å². The van der Waals surface area contributed by atoms with Gasteiger partial charge < -0.3 is 20.6 Å². The Labute approximate surface area is 180 Å². The van der Waals surface area contributed by atoms with E-state index in [1.165, 1.54) is 24.5 Å². The minimum atomic E-state index is -0.316. The van der Waals surface area contributed by atoms with E-state index in [1.807, 2.05) is 29.3 Å². The summed E-state index contributed by atoms with van der Waals surface area (Å²) in [6, 6.07) is 12.2. The van der Waals surface area contributed by atoms with Gasteiger partial charge in [-0.25, -0.2) is 9.37 Å². The first-order chi connectivity index (χ1) is 15.0. The van der Waals surface area contributed by atoms with Gasteiger partial charge in [-0.3, -0.25) is 4.79 Å². The van der Waals surface area contributed by atoms with Crippen molar-refractivity contribution in [3.05, 3.63) is 71.9 Å². The van der Waals surface area contributed by atoms with Crippen LogP contribution in [0.1, 0.15) is 24.6 Å². The Kier molecular flexibility index (Phi) is 5.84. The van der Waals surface area contributed by atoms with Crippen molar-refractivity contribution in [2.75, 3.05) is 6.54 Å². The smallest absolute Gasteiger partial charge is 0.227 e. The number of carbonyl (C=O) groups excluding carboxylic acids is 1. The Hall–Kier alpha value is -3.48. The second kappa shape index (κ2) is 8.71. The second-order valence-electron chi connectivity index (χ2n) is 8.14. The predicted molar refractivity (Wildman–Crippen MR) is 120 cm³/mol. The fraction of sp³-hybridized carbons (Fsp3) is 0.292. The topological polar surface area (TPSA) is 88.0 Å². The number of hydrogen-bond acceptors (Lipinski definition) is 4. The van der Waals surface area contributed by atoms with Gasteiger partial charge in [0, 0.05) is 43.3 Å². The van der Waals surface area contributed by atoms with E-state index in [0.29, 0.717) is 29.3 Å². The highest BCUT2D eigenvalue weighted by Gasteiger charge is 2.32. The standard InChI is InChI=1S/C24H26FN5O/c1-16-9-18(15-30(16)24(31)11-17-3-2-4-20(25)10-17)14-29-8-7-22-23(29)6-5-21(28-22)19(12-26)13-27/h2-8,10,12-13,16,18,26H,9,11,14-15,27H2,1H3/b19-13+,26-12?. The number of allylic oxidation sites excluding steroid dienone is 1. The highest BCUT2D eigenvalue weighted by atomic mass is 19.1. The summed E-state index contributed by atoms with van der Waals surface area (Å²) in [6.07, 6.45) is 5.74. The van der Waals surface area contributed by atoms with Crippen molar-refractivity contribution >= 4 is 28.7 Å². The maximum atomic E-state index is 13.4. The number of rotatable bonds is 6. The summed E-state index contributed by atoms with van der Waals surface area (Å²) in [7, 11) is 0. The number of benzene rings is 1. The van der Waals surface area contributed by atoms with Crippen molar-refractivity contribution in [2.24, 2.45) is 11.7 Å². The van der Waals surface area contributed by atoms with E-state index in [2.05, 4.69) is 16.5 Å². The van der Waals surface area contributed by atoms with Crippen molar-refractivity contribution in [3.8, 4) is 0 Å². The van der Waals surface area contributed by atoms with Crippen LogP contribution in [0.15, 0.2) is 54.9 Å². The molecule has 1 fully saturated rings. The zero-order chi connectivity index (χ0) is 22.0. The highest BCUT2D eigenvalue weighted by molar-refractivity contribution is 6.07. The number of nitrogens with zero attached hydrogens (tertiary/aromatic N) is 3. The van der Waals surface area contributed by atoms with Crippen molar-refractivity contribution in [1.82, 2.24) is 14.5 Å². The molecule has 0 aliphatic carbocycles. The molecule has 160 valence electrons. The number of nitrogens with one attached hydrogen (secondary N) is 1. The molecule has 4 rings (SSSR count). The number of aromatic nitrogens is 2. The first-order valence-corrected chi connectivity index (χ1v) is 10.4. The normalized spacial score (nSPS) is 19.2. The minimum Gasteiger partial charge on any atom is -0.404 e. The molecule has 7 heteroatoms. The molecule has 1 aliphatic rings. The molecule has 0 radical (unpaired) electrons. The van der Waals surface area contributed by atoms with Crippen LogP contribution in [0.4, 0.5) is 4.39 Å². The summed E-state index contributed by atoms with van der Waals surface area (Å²) in [4.78, 5) is 19.3. The summed E-state index contributed by atoms with van der Waals surface area (Å²) in [5.74, 6) is 0.0587. The Morgan fingerprint density at radius 1 is 1.32 bits per heavy atom. The summed E-state index contributed by atoms with van der Waals surface area (Å²) in [5, 5.41) is 7.44. The number of halogens is 1. The lowest BCUT2D eigenvalue weighted by Crippen LogP contribution is -2.35. The fourth-order valence-corrected chi connectivity index (χ4v) is 4.42. The van der Waals surface area contributed by atoms with E-state index in [0.717, 1.165) is 24.0 Å². The lowest BCUT2D eigenvalue weighted by molar-refractivity contribution is -0.131. The SMILES string of the molecule is CC1CC(Cn2ccc3nc(/C(C=N)=C/N)ccc32)CN1C(=O)Cc1cccc(F)c1. The zero-order valence-electron chi connectivity index (χ0n) is 17.5. The molecule has 31 heavy (non-hydrogen) atoms. The molecule has 2 atom stereocenters. The number of carbonyl (C=O) groups is 1. The molecule has 6 nitrogen and oxygen atoms in total. The van der Waals surface area contributed by atoms with Crippen LogP contribution in [-0.4, -0.2) is 39.2 Å². The molecule has 3 aromatic rings. The van der Waals surface area contributed by atoms with Gasteiger partial charge in [0.05, 0.1) is 23.1 Å². The van der Waals surface area contributed by atoms with Crippen LogP contribution in [0.2, 0.25) is 0 Å². The van der Waals surface area contributed by atoms with Gasteiger partial charge in [-0.15, -0.1) is 0 Å². The Morgan fingerprint density at radius 3 is 2.90 bits per heavy atom. The van der Waals surface area contributed by atoms with Crippen LogP contribution in [-0.2, 0) is 17.8 Å². The molecule has 0 spiro atoms. The lowest BCUT2D eigenvalue weighted by atomic mass is 10.1. The Morgan fingerprint density at radius 2 is 2.16 bits per heavy atom. The third-order valence-electron chi connectivity index (χ3n) is 5.94. The Bertz CT molecular complexity index is 1150. The lowest BCUT2D eigenvalue weighted by Gasteiger charge is -2.21. The molecule has 0 bridgehead atoms. The van der Waals surface area contributed by atoms with Gasteiger partial charge in [0.1, 0.15) is 5.82 Å². The fourth-order valence-electron chi connectivity index (χ4n) is 4.42. The van der Waals surface area contributed by atoms with Crippen molar-refractivity contribution in [1.29, 1.82) is 5.41 Å². The molecule has 3 N–H and O–H groups in total. The number of likely N-dealkylation sites (tertiary alicyclic amines) is 1. The average molecular weight is 420 g/mol. The molecule has 2 aromatic heterocycles. The maximum Gasteiger partial charge on any atom is 0.227 e. The maximum absolute atomic E-state index is 13.4. The molecule has 2 unspecified atom stereocenters. The third kappa shape index (κ3) is 4.35. The predicted octanol–water partition coefficient (Wildman–Crippen LogP) is 3.60. The number of fused-ring (bicyclic) bond motifs is 1. The van der Waals surface area contributed by atoms with Crippen molar-refractivity contribution < 1.29 is 9.18 Å². The largest absolute Gasteiger partial charge is 0.404 e. The summed E-state index contributed by atoms with van der Waals surface area (Å²) in [5.41, 5.74) is 9.39. The van der Waals surface area contributed by atoms with Gasteiger partial charge in [0.25, 0.3) is 0 Å². The molecule has 0 saturated carbocycles. The minimum absolute atomic E-state index is 0.0389. The van der Waals surface area contributed by atoms with Crippen molar-refractivity contribution in [2.45, 2.75) is 32.4 Å². The molecule has 1 aliphatic heterocycles. The van der Waals surface area contributed by atoms with Crippen LogP contribution >= 0.6 is 0 Å². The molecule has 1 amide bonds. The van der Waals surface area contributed by atoms with Crippen LogP contribution in [0.5, 0.6) is 0 Å². The average Bonchev–Trinajstić information content (AvgIpc) is 3.32. The van der Waals surface area contributed by atoms with Gasteiger partial charge in [0.2, 0.25) is 5.91 Å². The molecule has 1 aromatic carbocycles. The van der Waals surface area contributed by atoms with Gasteiger partial charge in [-0.1, -0.05) is 12.1 Å². The van der Waals surface area contributed by atoms with E-state index in [4.69, 9.17) is 11.1 Å². The number of pyridine rings is 1. The molecular weight excluding hydrogens is 393 g/mol. The molecule has 1 saturated heterocycles. The summed E-state index contributed by atoms with van der Waals surface area (Å²) >= 11 is 0. The number of amides is 1. The van der Waals surface area contributed by atoms with Crippen LogP contribution in [0, 0.1) is 17.1 Å².